The summed E-state index contributed by atoms with van der Waals surface area (Å²) in [5.74, 6) is 0. The molecule has 10 heavy (non-hydrogen) atoms. The van der Waals surface area contributed by atoms with E-state index in [0.29, 0.717) is 0 Å². The van der Waals surface area contributed by atoms with Crippen LogP contribution in [0.25, 0.3) is 0 Å². The van der Waals surface area contributed by atoms with Gasteiger partial charge in [-0.05, 0) is 0 Å². The SMILES string of the molecule is CCC.N=C=O.N=C=O.O. The first-order chi connectivity index (χ1) is 4.24. The summed E-state index contributed by atoms with van der Waals surface area (Å²) in [6.07, 6.45) is 2.75. The molecular weight excluding hydrogens is 136 g/mol. The van der Waals surface area contributed by atoms with E-state index in [2.05, 4.69) is 13.8 Å². The van der Waals surface area contributed by atoms with Gasteiger partial charge in [-0.1, -0.05) is 20.3 Å². The normalized spacial score (nSPS) is 3.40. The van der Waals surface area contributed by atoms with Crippen LogP contribution in [0.3, 0.4) is 0 Å². The zero-order valence-corrected chi connectivity index (χ0v) is 6.02. The Labute approximate surface area is 59.4 Å². The molecule has 0 aliphatic carbocycles. The molecule has 0 aromatic rings. The van der Waals surface area contributed by atoms with Gasteiger partial charge in [-0.3, -0.25) is 0 Å². The minimum Gasteiger partial charge on any atom is -0.412 e. The average Bonchev–Trinajstić information content (AvgIpc) is 1.70. The van der Waals surface area contributed by atoms with Crippen LogP contribution in [-0.4, -0.2) is 17.6 Å². The van der Waals surface area contributed by atoms with Crippen LogP contribution in [0.2, 0.25) is 0 Å². The lowest BCUT2D eigenvalue weighted by molar-refractivity contribution is 0.562. The standard InChI is InChI=1S/C3H8.2CHNO.H2O/c1-3-2;2*2-1-3;/h3H2,1-2H3;2*2H;1H2. The van der Waals surface area contributed by atoms with Crippen LogP contribution >= 0.6 is 0 Å². The summed E-state index contributed by atoms with van der Waals surface area (Å²) >= 11 is 0. The van der Waals surface area contributed by atoms with Gasteiger partial charge >= 0.3 is 0 Å². The zero-order valence-electron chi connectivity index (χ0n) is 6.02. The maximum absolute atomic E-state index is 8.35. The number of hydrogen-bond donors (Lipinski definition) is 2. The van der Waals surface area contributed by atoms with Crippen molar-refractivity contribution < 1.29 is 15.1 Å². The van der Waals surface area contributed by atoms with Crippen molar-refractivity contribution in [3.8, 4) is 0 Å². The molecule has 5 nitrogen and oxygen atoms in total. The number of isocyanates is 2. The third-order valence-electron chi connectivity index (χ3n) is 0. The molecule has 60 valence electrons. The van der Waals surface area contributed by atoms with Crippen molar-refractivity contribution in [1.29, 1.82) is 10.8 Å². The first-order valence-corrected chi connectivity index (χ1v) is 2.32. The lowest BCUT2D eigenvalue weighted by atomic mass is 10.6. The van der Waals surface area contributed by atoms with Crippen LogP contribution in [-0.2, 0) is 9.59 Å². The highest BCUT2D eigenvalue weighted by molar-refractivity contribution is 5.26. The molecule has 0 aliphatic rings. The summed E-state index contributed by atoms with van der Waals surface area (Å²) in [5.41, 5.74) is 0. The molecular formula is C5H12N2O3. The van der Waals surface area contributed by atoms with Crippen LogP contribution < -0.4 is 0 Å². The van der Waals surface area contributed by atoms with E-state index in [1.54, 1.807) is 0 Å². The third kappa shape index (κ3) is 134. The summed E-state index contributed by atoms with van der Waals surface area (Å²) in [6, 6.07) is 0. The van der Waals surface area contributed by atoms with Crippen LogP contribution in [0.1, 0.15) is 20.3 Å². The van der Waals surface area contributed by atoms with Gasteiger partial charge in [-0.2, -0.15) is 0 Å². The van der Waals surface area contributed by atoms with Gasteiger partial charge in [-0.25, -0.2) is 20.4 Å². The Morgan fingerprint density at radius 3 is 1.10 bits per heavy atom. The van der Waals surface area contributed by atoms with E-state index >= 15 is 0 Å². The Hall–Kier alpha value is -1.28. The molecule has 0 heterocycles. The fourth-order valence-electron chi connectivity index (χ4n) is 0. The van der Waals surface area contributed by atoms with Crippen molar-refractivity contribution >= 4 is 12.2 Å². The third-order valence-corrected chi connectivity index (χ3v) is 0. The predicted molar refractivity (Wildman–Crippen MR) is 36.4 cm³/mol. The molecule has 0 radical (unpaired) electrons. The van der Waals surface area contributed by atoms with Gasteiger partial charge in [0.15, 0.2) is 0 Å². The van der Waals surface area contributed by atoms with E-state index < -0.39 is 0 Å². The van der Waals surface area contributed by atoms with Gasteiger partial charge in [-0.15, -0.1) is 0 Å². The van der Waals surface area contributed by atoms with E-state index in [1.807, 2.05) is 0 Å². The topological polar surface area (TPSA) is 113 Å². The van der Waals surface area contributed by atoms with Crippen molar-refractivity contribution in [1.82, 2.24) is 0 Å². The lowest BCUT2D eigenvalue weighted by Gasteiger charge is -1.48. The molecule has 0 saturated heterocycles. The Balaban J connectivity index is -0.0000000257. The molecule has 4 N–H and O–H groups in total. The Morgan fingerprint density at radius 2 is 1.10 bits per heavy atom. The fraction of sp³-hybridized carbons (Fsp3) is 0.600. The van der Waals surface area contributed by atoms with Gasteiger partial charge in [0.2, 0.25) is 12.2 Å². The summed E-state index contributed by atoms with van der Waals surface area (Å²) in [7, 11) is 0. The average molecular weight is 148 g/mol. The van der Waals surface area contributed by atoms with E-state index in [4.69, 9.17) is 20.4 Å². The summed E-state index contributed by atoms with van der Waals surface area (Å²) in [4.78, 5) is 16.7. The molecule has 0 unspecified atom stereocenters. The Bertz CT molecular complexity index is 79.1. The highest BCUT2D eigenvalue weighted by atomic mass is 16.1. The predicted octanol–water partition coefficient (Wildman–Crippen LogP) is 0.394. The molecule has 0 fully saturated rings. The second-order valence-corrected chi connectivity index (χ2v) is 0.911. The molecule has 0 saturated carbocycles. The molecule has 0 aromatic carbocycles. The number of hydrogen-bond acceptors (Lipinski definition) is 4. The van der Waals surface area contributed by atoms with Crippen molar-refractivity contribution in [3.63, 3.8) is 0 Å². The highest BCUT2D eigenvalue weighted by Crippen LogP contribution is 1.56. The summed E-state index contributed by atoms with van der Waals surface area (Å²) in [5, 5.41) is 10.8. The van der Waals surface area contributed by atoms with Crippen molar-refractivity contribution in [3.05, 3.63) is 0 Å². The molecule has 0 bridgehead atoms. The number of carbonyl (C=O) groups excluding carboxylic acids is 2. The maximum atomic E-state index is 8.35. The van der Waals surface area contributed by atoms with Gasteiger partial charge in [0.1, 0.15) is 0 Å². The molecule has 0 spiro atoms. The van der Waals surface area contributed by atoms with Crippen LogP contribution in [0.4, 0.5) is 0 Å². The number of rotatable bonds is 0. The monoisotopic (exact) mass is 148 g/mol. The summed E-state index contributed by atoms with van der Waals surface area (Å²) < 4.78 is 0. The minimum absolute atomic E-state index is 0. The summed E-state index contributed by atoms with van der Waals surface area (Å²) in [6.45, 7) is 4.25. The van der Waals surface area contributed by atoms with Crippen LogP contribution in [0, 0.1) is 10.8 Å². The van der Waals surface area contributed by atoms with E-state index in [-0.39, 0.29) is 5.48 Å². The fourth-order valence-corrected chi connectivity index (χ4v) is 0. The smallest absolute Gasteiger partial charge is 0.231 e. The molecule has 0 amide bonds. The zero-order chi connectivity index (χ0) is 8.12. The molecule has 0 aromatic heterocycles. The second-order valence-electron chi connectivity index (χ2n) is 0.911. The largest absolute Gasteiger partial charge is 0.412 e. The second kappa shape index (κ2) is 118. The lowest BCUT2D eigenvalue weighted by Crippen LogP contribution is -1.27. The first-order valence-electron chi connectivity index (χ1n) is 2.32. The van der Waals surface area contributed by atoms with Crippen molar-refractivity contribution in [2.45, 2.75) is 20.3 Å². The van der Waals surface area contributed by atoms with Crippen LogP contribution in [0.5, 0.6) is 0 Å². The van der Waals surface area contributed by atoms with Crippen molar-refractivity contribution in [2.24, 2.45) is 0 Å². The molecule has 0 atom stereocenters. The van der Waals surface area contributed by atoms with E-state index in [0.717, 1.165) is 12.2 Å². The first kappa shape index (κ1) is 23.3. The molecule has 0 rings (SSSR count). The number of nitrogens with one attached hydrogen (secondary N) is 2. The van der Waals surface area contributed by atoms with Gasteiger partial charge in [0.05, 0.1) is 0 Å². The Kier molecular flexibility index (Phi) is 275. The minimum atomic E-state index is 0. The maximum Gasteiger partial charge on any atom is 0.231 e. The van der Waals surface area contributed by atoms with Crippen LogP contribution in [0.15, 0.2) is 0 Å². The van der Waals surface area contributed by atoms with Gasteiger partial charge in [0, 0.05) is 0 Å². The highest BCUT2D eigenvalue weighted by Gasteiger charge is 1.35. The molecule has 0 aliphatic heterocycles. The van der Waals surface area contributed by atoms with E-state index in [1.165, 1.54) is 6.42 Å². The Morgan fingerprint density at radius 1 is 1.10 bits per heavy atom. The van der Waals surface area contributed by atoms with Gasteiger partial charge in [0.25, 0.3) is 0 Å². The van der Waals surface area contributed by atoms with E-state index in [9.17, 15) is 0 Å². The molecule has 5 heteroatoms. The van der Waals surface area contributed by atoms with Crippen molar-refractivity contribution in [2.75, 3.05) is 0 Å². The quantitative estimate of drug-likeness (QED) is 0.382. The van der Waals surface area contributed by atoms with Gasteiger partial charge < -0.3 is 5.48 Å².